The van der Waals surface area contributed by atoms with Crippen LogP contribution < -0.4 is 4.74 Å². The van der Waals surface area contributed by atoms with Gasteiger partial charge in [-0.25, -0.2) is 4.98 Å². The molecule has 3 aromatic rings. The SMILES string of the molecule is CCCCCCCCOc1nc2cc(Br)ccc2c2ccc(Br)cc12. The third-order valence-corrected chi connectivity index (χ3v) is 5.41. The molecule has 0 aliphatic heterocycles. The Morgan fingerprint density at radius 2 is 1.48 bits per heavy atom. The molecule has 0 amide bonds. The summed E-state index contributed by atoms with van der Waals surface area (Å²) in [6, 6.07) is 12.5. The molecule has 4 heteroatoms. The first kappa shape index (κ1) is 18.7. The lowest BCUT2D eigenvalue weighted by Crippen LogP contribution is -2.00. The fourth-order valence-corrected chi connectivity index (χ4v) is 3.79. The van der Waals surface area contributed by atoms with Crippen LogP contribution >= 0.6 is 31.9 Å². The maximum Gasteiger partial charge on any atom is 0.221 e. The molecule has 2 aromatic carbocycles. The molecule has 0 spiro atoms. The molecule has 25 heavy (non-hydrogen) atoms. The number of ether oxygens (including phenoxy) is 1. The number of unbranched alkanes of at least 4 members (excludes halogenated alkanes) is 5. The first-order valence-electron chi connectivity index (χ1n) is 9.00. The largest absolute Gasteiger partial charge is 0.477 e. The van der Waals surface area contributed by atoms with E-state index in [0.717, 1.165) is 44.1 Å². The fourth-order valence-electron chi connectivity index (χ4n) is 3.08. The van der Waals surface area contributed by atoms with E-state index in [-0.39, 0.29) is 0 Å². The van der Waals surface area contributed by atoms with Crippen LogP contribution in [0.15, 0.2) is 45.3 Å². The van der Waals surface area contributed by atoms with Gasteiger partial charge in [-0.3, -0.25) is 0 Å². The number of hydrogen-bond donors (Lipinski definition) is 0. The number of rotatable bonds is 8. The van der Waals surface area contributed by atoms with Crippen LogP contribution in [0.25, 0.3) is 21.7 Å². The second kappa shape index (κ2) is 9.00. The minimum Gasteiger partial charge on any atom is -0.477 e. The standard InChI is InChI=1S/C21H23Br2NO/c1-2-3-4-5-6-7-12-25-21-19-13-15(22)8-10-17(19)18-11-9-16(23)14-20(18)24-21/h8-11,13-14H,2-7,12H2,1H3. The lowest BCUT2D eigenvalue weighted by Gasteiger charge is -2.12. The van der Waals surface area contributed by atoms with Gasteiger partial charge in [-0.15, -0.1) is 0 Å². The molecule has 0 bridgehead atoms. The van der Waals surface area contributed by atoms with Crippen molar-refractivity contribution in [3.8, 4) is 5.88 Å². The maximum atomic E-state index is 6.08. The molecule has 1 heterocycles. The normalized spacial score (nSPS) is 11.3. The molecule has 0 saturated carbocycles. The van der Waals surface area contributed by atoms with Gasteiger partial charge in [0.2, 0.25) is 5.88 Å². The summed E-state index contributed by atoms with van der Waals surface area (Å²) in [6.07, 6.45) is 7.54. The minimum atomic E-state index is 0.722. The number of aromatic nitrogens is 1. The molecule has 132 valence electrons. The smallest absolute Gasteiger partial charge is 0.221 e. The Bertz CT molecular complexity index is 863. The Balaban J connectivity index is 1.81. The van der Waals surface area contributed by atoms with E-state index in [1.165, 1.54) is 37.5 Å². The maximum absolute atomic E-state index is 6.08. The first-order valence-corrected chi connectivity index (χ1v) is 10.6. The summed E-state index contributed by atoms with van der Waals surface area (Å²) >= 11 is 7.11. The summed E-state index contributed by atoms with van der Waals surface area (Å²) in [6.45, 7) is 2.97. The van der Waals surface area contributed by atoms with Gasteiger partial charge in [0, 0.05) is 19.7 Å². The van der Waals surface area contributed by atoms with E-state index in [9.17, 15) is 0 Å². The summed E-state index contributed by atoms with van der Waals surface area (Å²) in [5.74, 6) is 0.732. The molecule has 0 N–H and O–H groups in total. The fraction of sp³-hybridized carbons (Fsp3) is 0.381. The number of hydrogen-bond acceptors (Lipinski definition) is 2. The average molecular weight is 465 g/mol. The second-order valence-electron chi connectivity index (χ2n) is 6.38. The Morgan fingerprint density at radius 3 is 2.28 bits per heavy atom. The van der Waals surface area contributed by atoms with Gasteiger partial charge < -0.3 is 4.74 Å². The zero-order valence-corrected chi connectivity index (χ0v) is 17.7. The molecule has 0 aliphatic rings. The van der Waals surface area contributed by atoms with Gasteiger partial charge >= 0.3 is 0 Å². The molecule has 0 atom stereocenters. The lowest BCUT2D eigenvalue weighted by atomic mass is 10.1. The topological polar surface area (TPSA) is 22.1 Å². The molecule has 0 unspecified atom stereocenters. The van der Waals surface area contributed by atoms with E-state index in [1.54, 1.807) is 0 Å². The molecule has 0 aliphatic carbocycles. The predicted octanol–water partition coefficient (Wildman–Crippen LogP) is 7.65. The van der Waals surface area contributed by atoms with Crippen LogP contribution in [0.1, 0.15) is 45.4 Å². The average Bonchev–Trinajstić information content (AvgIpc) is 2.60. The Hall–Kier alpha value is -1.13. The van der Waals surface area contributed by atoms with Crippen LogP contribution in [0.2, 0.25) is 0 Å². The van der Waals surface area contributed by atoms with Crippen LogP contribution in [0.3, 0.4) is 0 Å². The summed E-state index contributed by atoms with van der Waals surface area (Å²) in [4.78, 5) is 4.78. The highest BCUT2D eigenvalue weighted by Gasteiger charge is 2.10. The van der Waals surface area contributed by atoms with Gasteiger partial charge in [0.1, 0.15) is 0 Å². The van der Waals surface area contributed by atoms with Crippen molar-refractivity contribution in [3.05, 3.63) is 45.3 Å². The van der Waals surface area contributed by atoms with Crippen molar-refractivity contribution in [1.29, 1.82) is 0 Å². The number of nitrogens with zero attached hydrogens (tertiary/aromatic N) is 1. The van der Waals surface area contributed by atoms with Crippen molar-refractivity contribution in [2.24, 2.45) is 0 Å². The van der Waals surface area contributed by atoms with E-state index in [4.69, 9.17) is 9.72 Å². The van der Waals surface area contributed by atoms with Crippen LogP contribution in [0.5, 0.6) is 5.88 Å². The van der Waals surface area contributed by atoms with Crippen LogP contribution in [0.4, 0.5) is 0 Å². The van der Waals surface area contributed by atoms with Gasteiger partial charge in [-0.2, -0.15) is 0 Å². The van der Waals surface area contributed by atoms with Gasteiger partial charge in [-0.05, 0) is 36.1 Å². The summed E-state index contributed by atoms with van der Waals surface area (Å²) in [7, 11) is 0. The molecule has 0 saturated heterocycles. The van der Waals surface area contributed by atoms with Crippen molar-refractivity contribution < 1.29 is 4.74 Å². The van der Waals surface area contributed by atoms with Gasteiger partial charge in [-0.1, -0.05) is 83.0 Å². The monoisotopic (exact) mass is 463 g/mol. The van der Waals surface area contributed by atoms with E-state index < -0.39 is 0 Å². The molecule has 3 rings (SSSR count). The molecular weight excluding hydrogens is 442 g/mol. The van der Waals surface area contributed by atoms with E-state index in [2.05, 4.69) is 75.2 Å². The minimum absolute atomic E-state index is 0.722. The molecule has 1 aromatic heterocycles. The lowest BCUT2D eigenvalue weighted by molar-refractivity contribution is 0.298. The highest BCUT2D eigenvalue weighted by atomic mass is 79.9. The number of fused-ring (bicyclic) bond motifs is 3. The van der Waals surface area contributed by atoms with Gasteiger partial charge in [0.05, 0.1) is 12.1 Å². The van der Waals surface area contributed by atoms with Gasteiger partial charge in [0.25, 0.3) is 0 Å². The van der Waals surface area contributed by atoms with E-state index in [1.807, 2.05) is 0 Å². The number of halogens is 2. The summed E-state index contributed by atoms with van der Waals surface area (Å²) in [5.41, 5.74) is 0.960. The van der Waals surface area contributed by atoms with Crippen LogP contribution in [0, 0.1) is 0 Å². The zero-order valence-electron chi connectivity index (χ0n) is 14.5. The zero-order chi connectivity index (χ0) is 17.6. The Morgan fingerprint density at radius 1 is 0.800 bits per heavy atom. The molecule has 0 radical (unpaired) electrons. The number of benzene rings is 2. The van der Waals surface area contributed by atoms with Crippen molar-refractivity contribution in [2.75, 3.05) is 6.61 Å². The summed E-state index contributed by atoms with van der Waals surface area (Å²) < 4.78 is 8.16. The Labute approximate surface area is 166 Å². The third kappa shape index (κ3) is 4.73. The van der Waals surface area contributed by atoms with Crippen LogP contribution in [-0.2, 0) is 0 Å². The van der Waals surface area contributed by atoms with E-state index >= 15 is 0 Å². The first-order chi connectivity index (χ1) is 12.2. The third-order valence-electron chi connectivity index (χ3n) is 4.42. The van der Waals surface area contributed by atoms with Crippen molar-refractivity contribution >= 4 is 53.5 Å². The highest BCUT2D eigenvalue weighted by Crippen LogP contribution is 2.34. The van der Waals surface area contributed by atoms with Crippen molar-refractivity contribution in [3.63, 3.8) is 0 Å². The van der Waals surface area contributed by atoms with E-state index in [0.29, 0.717) is 0 Å². The number of pyridine rings is 1. The Kier molecular flexibility index (Phi) is 6.71. The molecule has 2 nitrogen and oxygen atoms in total. The summed E-state index contributed by atoms with van der Waals surface area (Å²) in [5, 5.41) is 3.39. The quantitative estimate of drug-likeness (QED) is 0.252. The molecular formula is C21H23Br2NO. The van der Waals surface area contributed by atoms with Crippen molar-refractivity contribution in [2.45, 2.75) is 45.4 Å². The predicted molar refractivity (Wildman–Crippen MR) is 114 cm³/mol. The molecule has 0 fully saturated rings. The second-order valence-corrected chi connectivity index (χ2v) is 8.22. The highest BCUT2D eigenvalue weighted by molar-refractivity contribution is 9.10. The van der Waals surface area contributed by atoms with Crippen molar-refractivity contribution in [1.82, 2.24) is 4.98 Å². The van der Waals surface area contributed by atoms with Crippen LogP contribution in [-0.4, -0.2) is 11.6 Å². The van der Waals surface area contributed by atoms with Gasteiger partial charge in [0.15, 0.2) is 0 Å².